The summed E-state index contributed by atoms with van der Waals surface area (Å²) < 4.78 is 0. The minimum Gasteiger partial charge on any atom is -0.367 e. The number of aryl methyl sites for hydroxylation is 1. The molecule has 0 saturated heterocycles. The first-order valence-electron chi connectivity index (χ1n) is 11.2. The molecule has 0 saturated carbocycles. The number of anilines is 2. The van der Waals surface area contributed by atoms with E-state index in [9.17, 15) is 0 Å². The van der Waals surface area contributed by atoms with Gasteiger partial charge in [-0.2, -0.15) is 9.97 Å². The van der Waals surface area contributed by atoms with E-state index in [1.54, 1.807) is 0 Å². The maximum atomic E-state index is 5.74. The fourth-order valence-corrected chi connectivity index (χ4v) is 3.87. The average molecular weight is 423 g/mol. The number of aromatic nitrogens is 6. The van der Waals surface area contributed by atoms with Gasteiger partial charge in [0.2, 0.25) is 11.9 Å². The van der Waals surface area contributed by atoms with E-state index in [0.29, 0.717) is 17.8 Å². The van der Waals surface area contributed by atoms with E-state index >= 15 is 0 Å². The normalized spacial score (nSPS) is 12.1. The molecular weight excluding hydrogens is 388 g/mol. The smallest absolute Gasteiger partial charge is 0.239 e. The van der Waals surface area contributed by atoms with E-state index in [4.69, 9.17) is 11.5 Å². The summed E-state index contributed by atoms with van der Waals surface area (Å²) in [6.07, 6.45) is 13.3. The fraction of sp³-hybridized carbons (Fsp3) is 0.478. The lowest BCUT2D eigenvalue weighted by Crippen LogP contribution is -2.06. The average Bonchev–Trinajstić information content (AvgIpc) is 3.40. The molecule has 0 spiro atoms. The molecule has 2 aromatic heterocycles. The number of nitrogens with two attached hydrogens (primary N) is 2. The van der Waals surface area contributed by atoms with Gasteiger partial charge in [0.15, 0.2) is 0 Å². The van der Waals surface area contributed by atoms with Crippen LogP contribution in [0.5, 0.6) is 0 Å². The minimum atomic E-state index is 0.300. The van der Waals surface area contributed by atoms with Crippen LogP contribution in [-0.4, -0.2) is 30.4 Å². The summed E-state index contributed by atoms with van der Waals surface area (Å²) in [4.78, 5) is 8.53. The third-order valence-corrected chi connectivity index (χ3v) is 5.62. The van der Waals surface area contributed by atoms with Crippen molar-refractivity contribution in [2.75, 3.05) is 11.5 Å². The van der Waals surface area contributed by atoms with Crippen LogP contribution in [0.1, 0.15) is 80.1 Å². The van der Waals surface area contributed by atoms with Gasteiger partial charge in [0.05, 0.1) is 0 Å². The number of unbranched alkanes of at least 4 members (excludes halogenated alkanes) is 6. The molecule has 3 rings (SSSR count). The third kappa shape index (κ3) is 7.55. The van der Waals surface area contributed by atoms with Gasteiger partial charge >= 0.3 is 0 Å². The Morgan fingerprint density at radius 3 is 2.10 bits per heavy atom. The van der Waals surface area contributed by atoms with Gasteiger partial charge in [-0.15, -0.1) is 10.2 Å². The Hall–Kier alpha value is -3.16. The quantitative estimate of drug-likeness (QED) is 0.284. The van der Waals surface area contributed by atoms with E-state index in [-0.39, 0.29) is 0 Å². The van der Waals surface area contributed by atoms with Crippen LogP contribution in [0.25, 0.3) is 6.08 Å². The Balaban J connectivity index is 1.35. The lowest BCUT2D eigenvalue weighted by atomic mass is 9.92. The predicted octanol–water partition coefficient (Wildman–Crippen LogP) is 4.42. The van der Waals surface area contributed by atoms with E-state index in [2.05, 4.69) is 61.2 Å². The molecular formula is C23H34N8. The van der Waals surface area contributed by atoms with Crippen molar-refractivity contribution in [1.82, 2.24) is 30.4 Å². The van der Waals surface area contributed by atoms with Crippen LogP contribution in [-0.2, 0) is 12.8 Å². The highest BCUT2D eigenvalue weighted by Gasteiger charge is 2.16. The molecule has 0 fully saturated rings. The van der Waals surface area contributed by atoms with Crippen LogP contribution < -0.4 is 11.5 Å². The largest absolute Gasteiger partial charge is 0.367 e. The van der Waals surface area contributed by atoms with Gasteiger partial charge in [0.25, 0.3) is 0 Å². The van der Waals surface area contributed by atoms with Gasteiger partial charge < -0.3 is 11.5 Å². The van der Waals surface area contributed by atoms with Crippen molar-refractivity contribution in [3.05, 3.63) is 53.6 Å². The standard InChI is InChI=1S/C23H34N8/c1-2-17-12-14-18(15-13-17)16-19(21-27-23(25)31-29-21)10-8-6-4-3-5-7-9-11-20-26-22(24)30-28-20/h2,12-15,19H,1,3-11,16H2,(H3,24,26,28,30)(H3,25,27,29,31). The Morgan fingerprint density at radius 1 is 0.839 bits per heavy atom. The lowest BCUT2D eigenvalue weighted by Gasteiger charge is -2.14. The zero-order valence-corrected chi connectivity index (χ0v) is 18.2. The van der Waals surface area contributed by atoms with Gasteiger partial charge in [-0.1, -0.05) is 75.4 Å². The highest BCUT2D eigenvalue weighted by Crippen LogP contribution is 2.25. The number of benzene rings is 1. The molecule has 3 aromatic rings. The molecule has 166 valence electrons. The molecule has 0 radical (unpaired) electrons. The number of nitrogens with one attached hydrogen (secondary N) is 2. The SMILES string of the molecule is C=Cc1ccc(CC(CCCCCCCCCc2nc(N)n[nH]2)c2nc(N)n[nH]2)cc1. The monoisotopic (exact) mass is 422 g/mol. The summed E-state index contributed by atoms with van der Waals surface area (Å²) >= 11 is 0. The van der Waals surface area contributed by atoms with Gasteiger partial charge in [-0.05, 0) is 30.4 Å². The molecule has 1 aromatic carbocycles. The first-order valence-corrected chi connectivity index (χ1v) is 11.2. The highest BCUT2D eigenvalue weighted by atomic mass is 15.3. The number of rotatable bonds is 14. The zero-order valence-electron chi connectivity index (χ0n) is 18.2. The Morgan fingerprint density at radius 2 is 1.48 bits per heavy atom. The molecule has 8 heteroatoms. The first kappa shape index (κ1) is 22.5. The molecule has 0 aliphatic carbocycles. The third-order valence-electron chi connectivity index (χ3n) is 5.62. The number of aromatic amines is 2. The number of hydrogen-bond acceptors (Lipinski definition) is 6. The minimum absolute atomic E-state index is 0.300. The van der Waals surface area contributed by atoms with Crippen molar-refractivity contribution >= 4 is 18.0 Å². The molecule has 1 atom stereocenters. The molecule has 31 heavy (non-hydrogen) atoms. The van der Waals surface area contributed by atoms with Crippen molar-refractivity contribution in [3.63, 3.8) is 0 Å². The van der Waals surface area contributed by atoms with Gasteiger partial charge in [0.1, 0.15) is 11.6 Å². The zero-order chi connectivity index (χ0) is 21.9. The number of H-pyrrole nitrogens is 2. The van der Waals surface area contributed by atoms with Gasteiger partial charge in [-0.25, -0.2) is 0 Å². The van der Waals surface area contributed by atoms with E-state index in [1.165, 1.54) is 44.1 Å². The molecule has 6 N–H and O–H groups in total. The number of nitrogen functional groups attached to an aromatic ring is 2. The molecule has 0 amide bonds. The second kappa shape index (κ2) is 11.9. The summed E-state index contributed by atoms with van der Waals surface area (Å²) in [6, 6.07) is 8.53. The Bertz CT molecular complexity index is 912. The van der Waals surface area contributed by atoms with Crippen molar-refractivity contribution in [3.8, 4) is 0 Å². The van der Waals surface area contributed by atoms with Gasteiger partial charge in [0, 0.05) is 12.3 Å². The molecule has 2 heterocycles. The summed E-state index contributed by atoms with van der Waals surface area (Å²) in [5, 5.41) is 13.8. The number of hydrogen-bond donors (Lipinski definition) is 4. The van der Waals surface area contributed by atoms with E-state index < -0.39 is 0 Å². The van der Waals surface area contributed by atoms with Crippen LogP contribution in [0.15, 0.2) is 30.8 Å². The van der Waals surface area contributed by atoms with Crippen molar-refractivity contribution in [2.24, 2.45) is 0 Å². The topological polar surface area (TPSA) is 135 Å². The second-order valence-electron chi connectivity index (χ2n) is 8.08. The van der Waals surface area contributed by atoms with Crippen LogP contribution in [0.4, 0.5) is 11.9 Å². The molecule has 8 nitrogen and oxygen atoms in total. The van der Waals surface area contributed by atoms with Crippen LogP contribution in [0.2, 0.25) is 0 Å². The van der Waals surface area contributed by atoms with E-state index in [0.717, 1.165) is 42.9 Å². The lowest BCUT2D eigenvalue weighted by molar-refractivity contribution is 0.515. The van der Waals surface area contributed by atoms with Crippen LogP contribution >= 0.6 is 0 Å². The van der Waals surface area contributed by atoms with Crippen molar-refractivity contribution in [2.45, 2.75) is 70.1 Å². The number of nitrogens with zero attached hydrogens (tertiary/aromatic N) is 4. The Kier molecular flexibility index (Phi) is 8.63. The molecule has 0 bridgehead atoms. The molecule has 0 aliphatic rings. The second-order valence-corrected chi connectivity index (χ2v) is 8.08. The predicted molar refractivity (Wildman–Crippen MR) is 125 cm³/mol. The molecule has 0 aliphatic heterocycles. The Labute approximate surface area is 184 Å². The van der Waals surface area contributed by atoms with Crippen LogP contribution in [0, 0.1) is 0 Å². The summed E-state index contributed by atoms with van der Waals surface area (Å²) in [7, 11) is 0. The maximum absolute atomic E-state index is 5.74. The van der Waals surface area contributed by atoms with Crippen molar-refractivity contribution in [1.29, 1.82) is 0 Å². The van der Waals surface area contributed by atoms with Crippen molar-refractivity contribution < 1.29 is 0 Å². The first-order chi connectivity index (χ1) is 15.1. The van der Waals surface area contributed by atoms with Crippen LogP contribution in [0.3, 0.4) is 0 Å². The fourth-order valence-electron chi connectivity index (χ4n) is 3.87. The maximum Gasteiger partial charge on any atom is 0.239 e. The summed E-state index contributed by atoms with van der Waals surface area (Å²) in [5.74, 6) is 2.72. The van der Waals surface area contributed by atoms with E-state index in [1.807, 2.05) is 6.08 Å². The highest BCUT2D eigenvalue weighted by molar-refractivity contribution is 5.47. The molecule has 1 unspecified atom stereocenters. The summed E-state index contributed by atoms with van der Waals surface area (Å²) in [5.41, 5.74) is 13.7. The summed E-state index contributed by atoms with van der Waals surface area (Å²) in [6.45, 7) is 3.82. The van der Waals surface area contributed by atoms with Gasteiger partial charge in [-0.3, -0.25) is 10.2 Å².